The summed E-state index contributed by atoms with van der Waals surface area (Å²) < 4.78 is 40.6. The minimum atomic E-state index is -0.946. The van der Waals surface area contributed by atoms with Crippen LogP contribution in [0.2, 0.25) is 0 Å². The van der Waals surface area contributed by atoms with Crippen LogP contribution in [-0.2, 0) is 0 Å². The number of piperidine rings is 1. The van der Waals surface area contributed by atoms with Gasteiger partial charge in [0, 0.05) is 23.2 Å². The first-order chi connectivity index (χ1) is 17.6. The van der Waals surface area contributed by atoms with Crippen molar-refractivity contribution in [1.29, 1.82) is 0 Å². The van der Waals surface area contributed by atoms with Crippen LogP contribution in [0.1, 0.15) is 42.9 Å². The van der Waals surface area contributed by atoms with E-state index < -0.39 is 17.7 Å². The summed E-state index contributed by atoms with van der Waals surface area (Å²) in [7, 11) is 0. The molecule has 2 atom stereocenters. The Morgan fingerprint density at radius 2 is 1.75 bits per heavy atom. The molecular formula is C30H27F2NO3. The Bertz CT molecular complexity index is 1410. The van der Waals surface area contributed by atoms with Crippen LogP contribution in [0.5, 0.6) is 17.2 Å². The Morgan fingerprint density at radius 1 is 0.917 bits per heavy atom. The molecule has 6 rings (SSSR count). The maximum absolute atomic E-state index is 14.2. The second-order valence-electron chi connectivity index (χ2n) is 9.55. The van der Waals surface area contributed by atoms with E-state index in [0.29, 0.717) is 24.0 Å². The molecule has 0 aromatic heterocycles. The predicted molar refractivity (Wildman–Crippen MR) is 136 cm³/mol. The third kappa shape index (κ3) is 4.26. The van der Waals surface area contributed by atoms with E-state index in [4.69, 9.17) is 9.47 Å². The number of aromatic hydroxyl groups is 1. The summed E-state index contributed by atoms with van der Waals surface area (Å²) in [5, 5.41) is 15.2. The minimum Gasteiger partial charge on any atom is -0.508 e. The molecule has 4 aromatic carbocycles. The van der Waals surface area contributed by atoms with Crippen molar-refractivity contribution < 1.29 is 23.4 Å². The smallest absolute Gasteiger partial charge is 0.162 e. The van der Waals surface area contributed by atoms with Gasteiger partial charge in [0.15, 0.2) is 17.7 Å². The number of fused-ring (bicyclic) bond motifs is 5. The van der Waals surface area contributed by atoms with Crippen molar-refractivity contribution in [3.63, 3.8) is 0 Å². The van der Waals surface area contributed by atoms with E-state index in [2.05, 4.69) is 5.32 Å². The molecule has 0 radical (unpaired) electrons. The highest BCUT2D eigenvalue weighted by atomic mass is 19.2. The normalized spacial score (nSPS) is 18.8. The van der Waals surface area contributed by atoms with Crippen molar-refractivity contribution in [3.8, 4) is 28.4 Å². The summed E-state index contributed by atoms with van der Waals surface area (Å²) in [5.41, 5.74) is 3.00. The lowest BCUT2D eigenvalue weighted by Gasteiger charge is -2.30. The van der Waals surface area contributed by atoms with Gasteiger partial charge in [0.25, 0.3) is 0 Å². The predicted octanol–water partition coefficient (Wildman–Crippen LogP) is 6.88. The Hall–Kier alpha value is -3.64. The molecular weight excluding hydrogens is 460 g/mol. The van der Waals surface area contributed by atoms with Gasteiger partial charge in [-0.1, -0.05) is 36.8 Å². The summed E-state index contributed by atoms with van der Waals surface area (Å²) >= 11 is 0. The number of phenols is 1. The number of rotatable bonds is 5. The monoisotopic (exact) mass is 487 g/mol. The lowest BCUT2D eigenvalue weighted by atomic mass is 9.86. The number of benzene rings is 4. The Morgan fingerprint density at radius 3 is 2.56 bits per heavy atom. The molecule has 0 aliphatic carbocycles. The van der Waals surface area contributed by atoms with Crippen molar-refractivity contribution in [2.24, 2.45) is 0 Å². The van der Waals surface area contributed by atoms with E-state index in [0.717, 1.165) is 52.2 Å². The van der Waals surface area contributed by atoms with E-state index in [-0.39, 0.29) is 5.75 Å². The quantitative estimate of drug-likeness (QED) is 0.322. The van der Waals surface area contributed by atoms with Gasteiger partial charge in [0.1, 0.15) is 17.2 Å². The van der Waals surface area contributed by atoms with E-state index in [9.17, 15) is 13.9 Å². The number of nitrogens with one attached hydrogen (secondary N) is 1. The number of hydrogen-bond acceptors (Lipinski definition) is 4. The van der Waals surface area contributed by atoms with Gasteiger partial charge in [-0.25, -0.2) is 8.78 Å². The molecule has 0 spiro atoms. The summed E-state index contributed by atoms with van der Waals surface area (Å²) in [4.78, 5) is 0. The average Bonchev–Trinajstić information content (AvgIpc) is 2.90. The molecule has 36 heavy (non-hydrogen) atoms. The maximum atomic E-state index is 14.2. The summed E-state index contributed by atoms with van der Waals surface area (Å²) in [6.07, 6.45) is 4.14. The van der Waals surface area contributed by atoms with Crippen molar-refractivity contribution >= 4 is 10.8 Å². The number of phenolic OH excluding ortho intramolecular Hbond substituents is 1. The van der Waals surface area contributed by atoms with Crippen LogP contribution in [0.25, 0.3) is 21.9 Å². The molecule has 1 saturated heterocycles. The largest absolute Gasteiger partial charge is 0.508 e. The summed E-state index contributed by atoms with van der Waals surface area (Å²) in [6, 6.07) is 19.4. The molecule has 0 amide bonds. The summed E-state index contributed by atoms with van der Waals surface area (Å²) in [5.74, 6) is -0.628. The Labute approximate surface area is 208 Å². The molecule has 1 fully saturated rings. The van der Waals surface area contributed by atoms with Crippen LogP contribution < -0.4 is 14.8 Å². The first-order valence-corrected chi connectivity index (χ1v) is 12.4. The second kappa shape index (κ2) is 9.43. The van der Waals surface area contributed by atoms with Crippen LogP contribution in [0, 0.1) is 11.6 Å². The van der Waals surface area contributed by atoms with Crippen LogP contribution in [-0.4, -0.2) is 24.3 Å². The standard InChI is InChI=1S/C30H27F2NO3/c31-26-16-25-24-10-6-19-15-21(34)7-11-23(19)29(24)30(36-28(25)17-27(26)32)18-4-8-22(9-5-18)35-14-12-20-3-1-2-13-33-20/h4-11,15-17,20,30,33-34H,1-3,12-14H2. The minimum absolute atomic E-state index is 0.161. The first-order valence-electron chi connectivity index (χ1n) is 12.4. The zero-order valence-corrected chi connectivity index (χ0v) is 19.8. The highest BCUT2D eigenvalue weighted by Crippen LogP contribution is 2.48. The first kappa shape index (κ1) is 22.8. The fourth-order valence-corrected chi connectivity index (χ4v) is 5.34. The molecule has 2 unspecified atom stereocenters. The Kier molecular flexibility index (Phi) is 5.97. The van der Waals surface area contributed by atoms with Crippen molar-refractivity contribution in [2.75, 3.05) is 13.2 Å². The lowest BCUT2D eigenvalue weighted by molar-refractivity contribution is 0.242. The maximum Gasteiger partial charge on any atom is 0.162 e. The van der Waals surface area contributed by atoms with Gasteiger partial charge in [0.05, 0.1) is 6.61 Å². The van der Waals surface area contributed by atoms with E-state index in [1.165, 1.54) is 25.3 Å². The summed E-state index contributed by atoms with van der Waals surface area (Å²) in [6.45, 7) is 1.72. The van der Waals surface area contributed by atoms with Crippen LogP contribution in [0.4, 0.5) is 8.78 Å². The topological polar surface area (TPSA) is 50.7 Å². The number of halogens is 2. The van der Waals surface area contributed by atoms with Crippen molar-refractivity contribution in [2.45, 2.75) is 37.8 Å². The molecule has 2 heterocycles. The molecule has 0 saturated carbocycles. The highest BCUT2D eigenvalue weighted by Gasteiger charge is 2.30. The van der Waals surface area contributed by atoms with Crippen LogP contribution in [0.15, 0.2) is 66.7 Å². The van der Waals surface area contributed by atoms with E-state index >= 15 is 0 Å². The number of ether oxygens (including phenoxy) is 2. The highest BCUT2D eigenvalue weighted by molar-refractivity contribution is 5.95. The molecule has 6 heteroatoms. The second-order valence-corrected chi connectivity index (χ2v) is 9.55. The average molecular weight is 488 g/mol. The third-order valence-electron chi connectivity index (χ3n) is 7.19. The van der Waals surface area contributed by atoms with Crippen molar-refractivity contribution in [3.05, 3.63) is 89.5 Å². The third-order valence-corrected chi connectivity index (χ3v) is 7.19. The fourth-order valence-electron chi connectivity index (χ4n) is 5.34. The van der Waals surface area contributed by atoms with Gasteiger partial charge in [-0.15, -0.1) is 0 Å². The molecule has 0 bridgehead atoms. The van der Waals surface area contributed by atoms with Crippen molar-refractivity contribution in [1.82, 2.24) is 5.32 Å². The molecule has 4 aromatic rings. The van der Waals surface area contributed by atoms with Gasteiger partial charge in [-0.05, 0) is 78.0 Å². The molecule has 2 N–H and O–H groups in total. The Balaban J connectivity index is 1.33. The van der Waals surface area contributed by atoms with Gasteiger partial charge >= 0.3 is 0 Å². The lowest BCUT2D eigenvalue weighted by Crippen LogP contribution is -2.35. The van der Waals surface area contributed by atoms with Gasteiger partial charge < -0.3 is 19.9 Å². The van der Waals surface area contributed by atoms with Gasteiger partial charge in [-0.2, -0.15) is 0 Å². The molecule has 184 valence electrons. The van der Waals surface area contributed by atoms with E-state index in [1.807, 2.05) is 42.5 Å². The van der Waals surface area contributed by atoms with E-state index in [1.54, 1.807) is 12.1 Å². The number of hydrogen-bond donors (Lipinski definition) is 2. The molecule has 2 aliphatic rings. The van der Waals surface area contributed by atoms with Gasteiger partial charge in [0.2, 0.25) is 0 Å². The zero-order chi connectivity index (χ0) is 24.6. The van der Waals surface area contributed by atoms with Crippen LogP contribution in [0.3, 0.4) is 0 Å². The fraction of sp³-hybridized carbons (Fsp3) is 0.267. The van der Waals surface area contributed by atoms with Gasteiger partial charge in [-0.3, -0.25) is 0 Å². The van der Waals surface area contributed by atoms with Crippen LogP contribution >= 0.6 is 0 Å². The molecule has 2 aliphatic heterocycles. The SMILES string of the molecule is Oc1ccc2c3c(ccc2c1)-c1cc(F)c(F)cc1OC3c1ccc(OCCC2CCCCN2)cc1. The molecule has 4 nitrogen and oxygen atoms in total. The zero-order valence-electron chi connectivity index (χ0n) is 19.8.